The van der Waals surface area contributed by atoms with Crippen LogP contribution in [0, 0.1) is 11.7 Å². The molecule has 23 heavy (non-hydrogen) atoms. The SMILES string of the molecule is CN(C)c1nc(NCC2CCN(c3ccccc3)C2)ncc1F. The summed E-state index contributed by atoms with van der Waals surface area (Å²) in [5, 5.41) is 3.24. The molecule has 1 atom stereocenters. The Kier molecular flexibility index (Phi) is 4.60. The predicted octanol–water partition coefficient (Wildman–Crippen LogP) is 2.62. The van der Waals surface area contributed by atoms with E-state index < -0.39 is 5.82 Å². The van der Waals surface area contributed by atoms with Gasteiger partial charge in [-0.15, -0.1) is 0 Å². The molecule has 0 radical (unpaired) electrons. The van der Waals surface area contributed by atoms with Gasteiger partial charge in [-0.25, -0.2) is 9.37 Å². The Hall–Kier alpha value is -2.37. The molecule has 0 amide bonds. The van der Waals surface area contributed by atoms with Crippen LogP contribution in [0.15, 0.2) is 36.5 Å². The fourth-order valence-electron chi connectivity index (χ4n) is 2.87. The third-order valence-corrected chi connectivity index (χ3v) is 4.11. The summed E-state index contributed by atoms with van der Waals surface area (Å²) in [7, 11) is 3.54. The van der Waals surface area contributed by atoms with Gasteiger partial charge in [0.25, 0.3) is 0 Å². The van der Waals surface area contributed by atoms with Gasteiger partial charge in [0, 0.05) is 39.4 Å². The van der Waals surface area contributed by atoms with Gasteiger partial charge in [-0.3, -0.25) is 0 Å². The van der Waals surface area contributed by atoms with E-state index in [9.17, 15) is 4.39 Å². The highest BCUT2D eigenvalue weighted by Gasteiger charge is 2.22. The summed E-state index contributed by atoms with van der Waals surface area (Å²) < 4.78 is 13.6. The second-order valence-electron chi connectivity index (χ2n) is 6.08. The molecule has 3 rings (SSSR count). The second-order valence-corrected chi connectivity index (χ2v) is 6.08. The van der Waals surface area contributed by atoms with Crippen molar-refractivity contribution in [1.29, 1.82) is 0 Å². The fraction of sp³-hybridized carbons (Fsp3) is 0.412. The summed E-state index contributed by atoms with van der Waals surface area (Å²) in [6, 6.07) is 10.4. The van der Waals surface area contributed by atoms with Crippen molar-refractivity contribution in [3.8, 4) is 0 Å². The number of nitrogens with one attached hydrogen (secondary N) is 1. The number of para-hydroxylation sites is 1. The molecule has 6 heteroatoms. The highest BCUT2D eigenvalue weighted by Crippen LogP contribution is 2.23. The van der Waals surface area contributed by atoms with Crippen LogP contribution in [0.5, 0.6) is 0 Å². The lowest BCUT2D eigenvalue weighted by atomic mass is 10.1. The maximum Gasteiger partial charge on any atom is 0.224 e. The van der Waals surface area contributed by atoms with E-state index in [1.807, 2.05) is 6.07 Å². The van der Waals surface area contributed by atoms with Gasteiger partial charge in [-0.1, -0.05) is 18.2 Å². The number of hydrogen-bond donors (Lipinski definition) is 1. The number of nitrogens with zero attached hydrogens (tertiary/aromatic N) is 4. The number of anilines is 3. The highest BCUT2D eigenvalue weighted by atomic mass is 19.1. The van der Waals surface area contributed by atoms with Gasteiger partial charge in [-0.05, 0) is 24.5 Å². The minimum Gasteiger partial charge on any atom is -0.371 e. The van der Waals surface area contributed by atoms with Gasteiger partial charge < -0.3 is 15.1 Å². The fourth-order valence-corrected chi connectivity index (χ4v) is 2.87. The van der Waals surface area contributed by atoms with E-state index in [4.69, 9.17) is 0 Å². The van der Waals surface area contributed by atoms with E-state index in [-0.39, 0.29) is 0 Å². The number of hydrogen-bond acceptors (Lipinski definition) is 5. The van der Waals surface area contributed by atoms with Gasteiger partial charge in [0.1, 0.15) is 0 Å². The van der Waals surface area contributed by atoms with Crippen molar-refractivity contribution in [3.63, 3.8) is 0 Å². The molecular formula is C17H22FN5. The van der Waals surface area contributed by atoms with Crippen molar-refractivity contribution >= 4 is 17.5 Å². The first-order valence-electron chi connectivity index (χ1n) is 7.87. The first-order chi connectivity index (χ1) is 11.1. The molecule has 5 nitrogen and oxygen atoms in total. The summed E-state index contributed by atoms with van der Waals surface area (Å²) in [5.74, 6) is 0.913. The second kappa shape index (κ2) is 6.81. The van der Waals surface area contributed by atoms with Gasteiger partial charge in [0.2, 0.25) is 5.95 Å². The van der Waals surface area contributed by atoms with Crippen molar-refractivity contribution in [1.82, 2.24) is 9.97 Å². The van der Waals surface area contributed by atoms with Crippen LogP contribution in [-0.2, 0) is 0 Å². The standard InChI is InChI=1S/C17H22FN5/c1-22(2)16-15(18)11-20-17(21-16)19-10-13-8-9-23(12-13)14-6-4-3-5-7-14/h3-7,11,13H,8-10,12H2,1-2H3,(H,19,20,21). The van der Waals surface area contributed by atoms with Crippen molar-refractivity contribution in [2.75, 3.05) is 48.8 Å². The lowest BCUT2D eigenvalue weighted by Crippen LogP contribution is -2.23. The number of aromatic nitrogens is 2. The molecular weight excluding hydrogens is 293 g/mol. The molecule has 122 valence electrons. The van der Waals surface area contributed by atoms with Crippen LogP contribution in [0.4, 0.5) is 21.8 Å². The van der Waals surface area contributed by atoms with E-state index in [1.54, 1.807) is 19.0 Å². The van der Waals surface area contributed by atoms with Gasteiger partial charge in [-0.2, -0.15) is 4.98 Å². The first-order valence-corrected chi connectivity index (χ1v) is 7.87. The molecule has 0 spiro atoms. The van der Waals surface area contributed by atoms with Crippen molar-refractivity contribution < 1.29 is 4.39 Å². The van der Waals surface area contributed by atoms with E-state index in [0.717, 1.165) is 26.1 Å². The third kappa shape index (κ3) is 3.70. The Bertz CT molecular complexity index is 647. The highest BCUT2D eigenvalue weighted by molar-refractivity contribution is 5.47. The van der Waals surface area contributed by atoms with Gasteiger partial charge >= 0.3 is 0 Å². The third-order valence-electron chi connectivity index (χ3n) is 4.11. The zero-order valence-corrected chi connectivity index (χ0v) is 13.5. The lowest BCUT2D eigenvalue weighted by Gasteiger charge is -2.19. The number of rotatable bonds is 5. The molecule has 1 aliphatic heterocycles. The number of benzene rings is 1. The molecule has 1 unspecified atom stereocenters. The predicted molar refractivity (Wildman–Crippen MR) is 91.6 cm³/mol. The van der Waals surface area contributed by atoms with Crippen LogP contribution in [0.25, 0.3) is 0 Å². The van der Waals surface area contributed by atoms with Gasteiger partial charge in [0.15, 0.2) is 11.6 Å². The van der Waals surface area contributed by atoms with Crippen molar-refractivity contribution in [3.05, 3.63) is 42.3 Å². The largest absolute Gasteiger partial charge is 0.371 e. The molecule has 1 aromatic carbocycles. The molecule has 2 aromatic rings. The first kappa shape index (κ1) is 15.5. The van der Waals surface area contributed by atoms with Crippen LogP contribution in [0.2, 0.25) is 0 Å². The zero-order valence-electron chi connectivity index (χ0n) is 13.5. The summed E-state index contributed by atoms with van der Waals surface area (Å²) in [6.45, 7) is 2.87. The number of halogens is 1. The molecule has 1 fully saturated rings. The van der Waals surface area contributed by atoms with Gasteiger partial charge in [0.05, 0.1) is 6.20 Å². The van der Waals surface area contributed by atoms with Crippen LogP contribution in [0.3, 0.4) is 0 Å². The Morgan fingerprint density at radius 1 is 1.30 bits per heavy atom. The summed E-state index contributed by atoms with van der Waals surface area (Å²) in [6.07, 6.45) is 2.35. The lowest BCUT2D eigenvalue weighted by molar-refractivity contribution is 0.605. The average molecular weight is 315 g/mol. The maximum absolute atomic E-state index is 13.6. The Labute approximate surface area is 136 Å². The summed E-state index contributed by atoms with van der Waals surface area (Å²) >= 11 is 0. The van der Waals surface area contributed by atoms with Crippen LogP contribution >= 0.6 is 0 Å². The molecule has 0 aliphatic carbocycles. The molecule has 0 saturated carbocycles. The van der Waals surface area contributed by atoms with E-state index >= 15 is 0 Å². The maximum atomic E-state index is 13.6. The molecule has 0 bridgehead atoms. The van der Waals surface area contributed by atoms with E-state index in [2.05, 4.69) is 44.5 Å². The average Bonchev–Trinajstić information content (AvgIpc) is 3.03. The summed E-state index contributed by atoms with van der Waals surface area (Å²) in [4.78, 5) is 12.3. The quantitative estimate of drug-likeness (QED) is 0.919. The molecule has 1 aromatic heterocycles. The molecule has 1 aliphatic rings. The Balaban J connectivity index is 1.56. The molecule has 1 N–H and O–H groups in total. The Morgan fingerprint density at radius 2 is 2.09 bits per heavy atom. The van der Waals surface area contributed by atoms with E-state index in [1.165, 1.54) is 11.9 Å². The molecule has 2 heterocycles. The monoisotopic (exact) mass is 315 g/mol. The topological polar surface area (TPSA) is 44.3 Å². The summed E-state index contributed by atoms with van der Waals surface area (Å²) in [5.41, 5.74) is 1.27. The van der Waals surface area contributed by atoms with Crippen LogP contribution in [0.1, 0.15) is 6.42 Å². The smallest absolute Gasteiger partial charge is 0.224 e. The normalized spacial score (nSPS) is 17.3. The van der Waals surface area contributed by atoms with Crippen molar-refractivity contribution in [2.24, 2.45) is 5.92 Å². The Morgan fingerprint density at radius 3 is 2.83 bits per heavy atom. The van der Waals surface area contributed by atoms with E-state index in [0.29, 0.717) is 17.7 Å². The zero-order chi connectivity index (χ0) is 16.2. The van der Waals surface area contributed by atoms with Crippen LogP contribution in [-0.4, -0.2) is 43.7 Å². The minimum atomic E-state index is -0.406. The van der Waals surface area contributed by atoms with Crippen LogP contribution < -0.4 is 15.1 Å². The molecule has 1 saturated heterocycles. The minimum absolute atomic E-state index is 0.305. The van der Waals surface area contributed by atoms with Crippen molar-refractivity contribution in [2.45, 2.75) is 6.42 Å².